The summed E-state index contributed by atoms with van der Waals surface area (Å²) in [7, 11) is 0. The molecule has 0 N–H and O–H groups in total. The molecule has 0 aliphatic carbocycles. The number of aromatic nitrogens is 2. The monoisotopic (exact) mass is 284 g/mol. The zero-order chi connectivity index (χ0) is 13.7. The van der Waals surface area contributed by atoms with Crippen molar-refractivity contribution in [3.05, 3.63) is 29.8 Å². The standard InChI is InChI=1S/C14H18ClFN2O/c1-2-3-7-19-8-6-18-13-5-4-11(16)9-12(13)17-14(18)10-15/h4-5,9H,2-3,6-8,10H2,1H3. The summed E-state index contributed by atoms with van der Waals surface area (Å²) < 4.78 is 20.7. The number of hydrogen-bond acceptors (Lipinski definition) is 2. The molecular weight excluding hydrogens is 267 g/mol. The molecule has 0 unspecified atom stereocenters. The molecule has 0 radical (unpaired) electrons. The Hall–Kier alpha value is -1.13. The van der Waals surface area contributed by atoms with E-state index in [0.717, 1.165) is 30.8 Å². The third-order valence-corrected chi connectivity index (χ3v) is 3.25. The lowest BCUT2D eigenvalue weighted by atomic mass is 10.3. The molecule has 0 aliphatic rings. The van der Waals surface area contributed by atoms with Crippen LogP contribution in [0.3, 0.4) is 0 Å². The van der Waals surface area contributed by atoms with Crippen molar-refractivity contribution < 1.29 is 9.13 Å². The first-order valence-corrected chi connectivity index (χ1v) is 7.08. The van der Waals surface area contributed by atoms with Crippen LogP contribution >= 0.6 is 11.6 Å². The second-order valence-corrected chi connectivity index (χ2v) is 4.68. The minimum absolute atomic E-state index is 0.280. The Kier molecular flexibility index (Phi) is 5.16. The maximum atomic E-state index is 13.2. The molecule has 5 heteroatoms. The second kappa shape index (κ2) is 6.87. The summed E-state index contributed by atoms with van der Waals surface area (Å²) in [4.78, 5) is 4.34. The van der Waals surface area contributed by atoms with E-state index in [2.05, 4.69) is 11.9 Å². The van der Waals surface area contributed by atoms with Crippen molar-refractivity contribution in [2.75, 3.05) is 13.2 Å². The van der Waals surface area contributed by atoms with Gasteiger partial charge in [0.15, 0.2) is 0 Å². The predicted octanol–water partition coefficient (Wildman–Crippen LogP) is 3.73. The Labute approximate surface area is 117 Å². The van der Waals surface area contributed by atoms with Gasteiger partial charge in [-0.3, -0.25) is 0 Å². The van der Waals surface area contributed by atoms with Crippen LogP contribution in [-0.4, -0.2) is 22.8 Å². The van der Waals surface area contributed by atoms with Crippen molar-refractivity contribution in [1.82, 2.24) is 9.55 Å². The summed E-state index contributed by atoms with van der Waals surface area (Å²) in [6, 6.07) is 4.61. The number of hydrogen-bond donors (Lipinski definition) is 0. The first-order valence-electron chi connectivity index (χ1n) is 6.54. The molecule has 2 rings (SSSR count). The quantitative estimate of drug-likeness (QED) is 0.572. The van der Waals surface area contributed by atoms with E-state index in [4.69, 9.17) is 16.3 Å². The van der Waals surface area contributed by atoms with Crippen LogP contribution in [0.5, 0.6) is 0 Å². The van der Waals surface area contributed by atoms with Gasteiger partial charge in [0.25, 0.3) is 0 Å². The van der Waals surface area contributed by atoms with Gasteiger partial charge < -0.3 is 9.30 Å². The molecule has 0 spiro atoms. The SMILES string of the molecule is CCCCOCCn1c(CCl)nc2cc(F)ccc21. The molecular formula is C14H18ClFN2O. The average Bonchev–Trinajstić information content (AvgIpc) is 2.75. The molecule has 0 atom stereocenters. The van der Waals surface area contributed by atoms with Gasteiger partial charge in [-0.05, 0) is 18.6 Å². The van der Waals surface area contributed by atoms with E-state index in [1.54, 1.807) is 6.07 Å². The van der Waals surface area contributed by atoms with Gasteiger partial charge in [-0.15, -0.1) is 11.6 Å². The number of benzene rings is 1. The first-order chi connectivity index (χ1) is 9.26. The van der Waals surface area contributed by atoms with E-state index < -0.39 is 0 Å². The van der Waals surface area contributed by atoms with Crippen molar-refractivity contribution in [2.24, 2.45) is 0 Å². The Bertz CT molecular complexity index is 541. The molecule has 0 saturated carbocycles. The van der Waals surface area contributed by atoms with Gasteiger partial charge in [0.1, 0.15) is 11.6 Å². The molecule has 0 aliphatic heterocycles. The first kappa shape index (κ1) is 14.3. The van der Waals surface area contributed by atoms with Crippen molar-refractivity contribution in [2.45, 2.75) is 32.2 Å². The van der Waals surface area contributed by atoms with E-state index in [1.165, 1.54) is 12.1 Å². The van der Waals surface area contributed by atoms with Crippen molar-refractivity contribution in [3.8, 4) is 0 Å². The lowest BCUT2D eigenvalue weighted by molar-refractivity contribution is 0.124. The van der Waals surface area contributed by atoms with Crippen LogP contribution in [0.25, 0.3) is 11.0 Å². The number of unbranched alkanes of at least 4 members (excludes halogenated alkanes) is 1. The summed E-state index contributed by atoms with van der Waals surface area (Å²) >= 11 is 5.89. The molecule has 0 fully saturated rings. The largest absolute Gasteiger partial charge is 0.380 e. The molecule has 1 heterocycles. The van der Waals surface area contributed by atoms with Gasteiger partial charge in [-0.1, -0.05) is 13.3 Å². The molecule has 3 nitrogen and oxygen atoms in total. The van der Waals surface area contributed by atoms with Crippen LogP contribution in [0.4, 0.5) is 4.39 Å². The Morgan fingerprint density at radius 3 is 2.95 bits per heavy atom. The molecule has 2 aromatic rings. The molecule has 0 saturated heterocycles. The third-order valence-electron chi connectivity index (χ3n) is 3.01. The van der Waals surface area contributed by atoms with Gasteiger partial charge in [0.05, 0.1) is 23.5 Å². The molecule has 1 aromatic carbocycles. The summed E-state index contributed by atoms with van der Waals surface area (Å²) in [6.07, 6.45) is 2.19. The summed E-state index contributed by atoms with van der Waals surface area (Å²) in [5, 5.41) is 0. The fourth-order valence-corrected chi connectivity index (χ4v) is 2.21. The topological polar surface area (TPSA) is 27.1 Å². The van der Waals surface area contributed by atoms with Gasteiger partial charge in [-0.2, -0.15) is 0 Å². The van der Waals surface area contributed by atoms with Crippen molar-refractivity contribution >= 4 is 22.6 Å². The highest BCUT2D eigenvalue weighted by Gasteiger charge is 2.10. The Balaban J connectivity index is 2.11. The van der Waals surface area contributed by atoms with Gasteiger partial charge in [0.2, 0.25) is 0 Å². The third kappa shape index (κ3) is 3.45. The minimum Gasteiger partial charge on any atom is -0.380 e. The van der Waals surface area contributed by atoms with E-state index >= 15 is 0 Å². The van der Waals surface area contributed by atoms with Crippen LogP contribution in [0.1, 0.15) is 25.6 Å². The number of halogens is 2. The number of rotatable bonds is 7. The number of fused-ring (bicyclic) bond motifs is 1. The highest BCUT2D eigenvalue weighted by atomic mass is 35.5. The average molecular weight is 285 g/mol. The van der Waals surface area contributed by atoms with Gasteiger partial charge in [0, 0.05) is 19.2 Å². The maximum absolute atomic E-state index is 13.2. The van der Waals surface area contributed by atoms with Gasteiger partial charge >= 0.3 is 0 Å². The van der Waals surface area contributed by atoms with Gasteiger partial charge in [-0.25, -0.2) is 9.37 Å². The van der Waals surface area contributed by atoms with Crippen LogP contribution < -0.4 is 0 Å². The van der Waals surface area contributed by atoms with Crippen molar-refractivity contribution in [3.63, 3.8) is 0 Å². The lowest BCUT2D eigenvalue weighted by Crippen LogP contribution is -2.09. The van der Waals surface area contributed by atoms with Crippen molar-refractivity contribution in [1.29, 1.82) is 0 Å². The fraction of sp³-hybridized carbons (Fsp3) is 0.500. The zero-order valence-corrected chi connectivity index (χ0v) is 11.8. The summed E-state index contributed by atoms with van der Waals surface area (Å²) in [6.45, 7) is 4.21. The van der Waals surface area contributed by atoms with Crippen LogP contribution in [0.2, 0.25) is 0 Å². The normalized spacial score (nSPS) is 11.3. The number of imidazole rings is 1. The summed E-state index contributed by atoms with van der Waals surface area (Å²) in [5.41, 5.74) is 1.54. The number of alkyl halides is 1. The minimum atomic E-state index is -0.280. The lowest BCUT2D eigenvalue weighted by Gasteiger charge is -2.08. The molecule has 104 valence electrons. The molecule has 0 bridgehead atoms. The summed E-state index contributed by atoms with van der Waals surface area (Å²) in [5.74, 6) is 0.782. The van der Waals surface area contributed by atoms with Crippen LogP contribution in [0, 0.1) is 5.82 Å². The van der Waals surface area contributed by atoms with E-state index in [-0.39, 0.29) is 5.82 Å². The van der Waals surface area contributed by atoms with E-state index in [9.17, 15) is 4.39 Å². The molecule has 19 heavy (non-hydrogen) atoms. The van der Waals surface area contributed by atoms with Crippen LogP contribution in [-0.2, 0) is 17.2 Å². The Morgan fingerprint density at radius 2 is 2.21 bits per heavy atom. The predicted molar refractivity (Wildman–Crippen MR) is 75.0 cm³/mol. The zero-order valence-electron chi connectivity index (χ0n) is 11.0. The van der Waals surface area contributed by atoms with E-state index in [0.29, 0.717) is 24.5 Å². The highest BCUT2D eigenvalue weighted by molar-refractivity contribution is 6.16. The second-order valence-electron chi connectivity index (χ2n) is 4.41. The number of nitrogens with zero attached hydrogens (tertiary/aromatic N) is 2. The molecule has 0 amide bonds. The highest BCUT2D eigenvalue weighted by Crippen LogP contribution is 2.18. The number of ether oxygens (including phenoxy) is 1. The molecule has 1 aromatic heterocycles. The Morgan fingerprint density at radius 1 is 1.37 bits per heavy atom. The van der Waals surface area contributed by atoms with E-state index in [1.807, 2.05) is 4.57 Å². The maximum Gasteiger partial charge on any atom is 0.125 e. The fourth-order valence-electron chi connectivity index (χ4n) is 2.01. The van der Waals surface area contributed by atoms with Crippen LogP contribution in [0.15, 0.2) is 18.2 Å². The smallest absolute Gasteiger partial charge is 0.125 e.